The molecule has 8 heteroatoms. The topological polar surface area (TPSA) is 71.5 Å². The highest BCUT2D eigenvalue weighted by Gasteiger charge is 2.24. The summed E-state index contributed by atoms with van der Waals surface area (Å²) in [5, 5.41) is 0.987. The first-order valence-corrected chi connectivity index (χ1v) is 10.2. The molecule has 146 valence electrons. The van der Waals surface area contributed by atoms with E-state index < -0.39 is 0 Å². The Bertz CT molecular complexity index is 1200. The van der Waals surface area contributed by atoms with Crippen molar-refractivity contribution in [1.82, 2.24) is 19.9 Å². The van der Waals surface area contributed by atoms with Gasteiger partial charge in [0.1, 0.15) is 5.75 Å². The van der Waals surface area contributed by atoms with Crippen LogP contribution in [0.1, 0.15) is 10.4 Å². The van der Waals surface area contributed by atoms with Gasteiger partial charge in [-0.05, 0) is 36.4 Å². The molecule has 4 aromatic rings. The van der Waals surface area contributed by atoms with E-state index in [-0.39, 0.29) is 5.91 Å². The van der Waals surface area contributed by atoms with Crippen LogP contribution in [0.5, 0.6) is 5.75 Å². The van der Waals surface area contributed by atoms with Crippen molar-refractivity contribution >= 4 is 43.6 Å². The highest BCUT2D eigenvalue weighted by molar-refractivity contribution is 7.22. The van der Waals surface area contributed by atoms with E-state index in [0.717, 1.165) is 45.2 Å². The molecule has 2 aromatic heterocycles. The standard InChI is InChI=1S/C21H19N5O2S/c1-28-15-3-5-17-19(13-15)29-21(24-17)26-10-8-25(9-11-26)20(27)14-2-4-16-18(12-14)23-7-6-22-16/h2-7,12-13H,8-11H2,1H3. The zero-order valence-corrected chi connectivity index (χ0v) is 16.7. The molecule has 3 heterocycles. The molecule has 0 spiro atoms. The minimum Gasteiger partial charge on any atom is -0.497 e. The average Bonchev–Trinajstić information content (AvgIpc) is 3.21. The molecular formula is C21H19N5O2S. The second-order valence-electron chi connectivity index (χ2n) is 6.87. The summed E-state index contributed by atoms with van der Waals surface area (Å²) in [7, 11) is 1.67. The van der Waals surface area contributed by atoms with Gasteiger partial charge >= 0.3 is 0 Å². The lowest BCUT2D eigenvalue weighted by molar-refractivity contribution is 0.0747. The second-order valence-corrected chi connectivity index (χ2v) is 7.88. The number of anilines is 1. The molecule has 0 atom stereocenters. The maximum absolute atomic E-state index is 12.9. The number of nitrogens with zero attached hydrogens (tertiary/aromatic N) is 5. The van der Waals surface area contributed by atoms with Gasteiger partial charge in [0.15, 0.2) is 5.13 Å². The fourth-order valence-electron chi connectivity index (χ4n) is 3.53. The summed E-state index contributed by atoms with van der Waals surface area (Å²) < 4.78 is 6.41. The highest BCUT2D eigenvalue weighted by atomic mass is 32.1. The molecule has 1 saturated heterocycles. The number of thiazole rings is 1. The lowest BCUT2D eigenvalue weighted by atomic mass is 10.1. The van der Waals surface area contributed by atoms with E-state index in [1.807, 2.05) is 41.3 Å². The van der Waals surface area contributed by atoms with E-state index in [1.165, 1.54) is 0 Å². The Hall–Kier alpha value is -3.26. The van der Waals surface area contributed by atoms with Gasteiger partial charge in [0.25, 0.3) is 5.91 Å². The predicted molar refractivity (Wildman–Crippen MR) is 114 cm³/mol. The quantitative estimate of drug-likeness (QED) is 0.521. The van der Waals surface area contributed by atoms with Crippen LogP contribution in [-0.4, -0.2) is 59.0 Å². The molecule has 5 rings (SSSR count). The van der Waals surface area contributed by atoms with Crippen molar-refractivity contribution in [2.24, 2.45) is 0 Å². The van der Waals surface area contributed by atoms with E-state index in [2.05, 4.69) is 14.9 Å². The van der Waals surface area contributed by atoms with Crippen molar-refractivity contribution in [3.63, 3.8) is 0 Å². The molecule has 0 bridgehead atoms. The van der Waals surface area contributed by atoms with Crippen molar-refractivity contribution in [2.45, 2.75) is 0 Å². The Morgan fingerprint density at radius 3 is 2.52 bits per heavy atom. The van der Waals surface area contributed by atoms with Gasteiger partial charge in [-0.25, -0.2) is 4.98 Å². The zero-order chi connectivity index (χ0) is 19.8. The molecule has 1 amide bonds. The summed E-state index contributed by atoms with van der Waals surface area (Å²) in [5.74, 6) is 0.870. The molecule has 0 radical (unpaired) electrons. The minimum atomic E-state index is 0.0336. The molecule has 7 nitrogen and oxygen atoms in total. The number of carbonyl (C=O) groups excluding carboxylic acids is 1. The van der Waals surface area contributed by atoms with E-state index in [0.29, 0.717) is 18.7 Å². The lowest BCUT2D eigenvalue weighted by Gasteiger charge is -2.34. The molecule has 0 aliphatic carbocycles. The molecule has 1 aliphatic rings. The second kappa shape index (κ2) is 7.29. The SMILES string of the molecule is COc1ccc2nc(N3CCN(C(=O)c4ccc5nccnc5c4)CC3)sc2c1. The predicted octanol–water partition coefficient (Wildman–Crippen LogP) is 3.21. The Kier molecular flexibility index (Phi) is 4.48. The number of hydrogen-bond donors (Lipinski definition) is 0. The van der Waals surface area contributed by atoms with Crippen LogP contribution in [0.4, 0.5) is 5.13 Å². The smallest absolute Gasteiger partial charge is 0.254 e. The van der Waals surface area contributed by atoms with Crippen molar-refractivity contribution in [1.29, 1.82) is 0 Å². The van der Waals surface area contributed by atoms with Crippen molar-refractivity contribution < 1.29 is 9.53 Å². The van der Waals surface area contributed by atoms with Crippen LogP contribution in [0.3, 0.4) is 0 Å². The van der Waals surface area contributed by atoms with Crippen LogP contribution < -0.4 is 9.64 Å². The van der Waals surface area contributed by atoms with E-state index >= 15 is 0 Å². The van der Waals surface area contributed by atoms with Crippen LogP contribution in [0, 0.1) is 0 Å². The van der Waals surface area contributed by atoms with Gasteiger partial charge in [0, 0.05) is 44.1 Å². The number of amides is 1. The fraction of sp³-hybridized carbons (Fsp3) is 0.238. The van der Waals surface area contributed by atoms with Crippen LogP contribution >= 0.6 is 11.3 Å². The normalized spacial score (nSPS) is 14.5. The molecular weight excluding hydrogens is 386 g/mol. The van der Waals surface area contributed by atoms with Gasteiger partial charge < -0.3 is 14.5 Å². The zero-order valence-electron chi connectivity index (χ0n) is 15.9. The summed E-state index contributed by atoms with van der Waals surface area (Å²) in [6.07, 6.45) is 3.30. The Balaban J connectivity index is 1.30. The molecule has 2 aromatic carbocycles. The lowest BCUT2D eigenvalue weighted by Crippen LogP contribution is -2.48. The number of ether oxygens (including phenoxy) is 1. The largest absolute Gasteiger partial charge is 0.497 e. The maximum Gasteiger partial charge on any atom is 0.254 e. The first-order valence-electron chi connectivity index (χ1n) is 9.41. The van der Waals surface area contributed by atoms with Crippen LogP contribution in [0.15, 0.2) is 48.8 Å². The van der Waals surface area contributed by atoms with Crippen LogP contribution in [-0.2, 0) is 0 Å². The molecule has 29 heavy (non-hydrogen) atoms. The third-order valence-corrected chi connectivity index (χ3v) is 6.22. The number of carbonyl (C=O) groups is 1. The van der Waals surface area contributed by atoms with E-state index in [4.69, 9.17) is 9.72 Å². The number of aromatic nitrogens is 3. The molecule has 1 fully saturated rings. The third kappa shape index (κ3) is 3.36. The number of fused-ring (bicyclic) bond motifs is 2. The summed E-state index contributed by atoms with van der Waals surface area (Å²) >= 11 is 1.66. The summed E-state index contributed by atoms with van der Waals surface area (Å²) in [6.45, 7) is 2.85. The fourth-order valence-corrected chi connectivity index (χ4v) is 4.58. The van der Waals surface area contributed by atoms with E-state index in [9.17, 15) is 4.79 Å². The van der Waals surface area contributed by atoms with Gasteiger partial charge in [0.2, 0.25) is 0 Å². The van der Waals surface area contributed by atoms with Gasteiger partial charge in [-0.3, -0.25) is 14.8 Å². The number of methoxy groups -OCH3 is 1. The Morgan fingerprint density at radius 2 is 1.72 bits per heavy atom. The number of benzene rings is 2. The van der Waals surface area contributed by atoms with E-state index in [1.54, 1.807) is 30.8 Å². The Morgan fingerprint density at radius 1 is 0.966 bits per heavy atom. The van der Waals surface area contributed by atoms with Crippen LogP contribution in [0.25, 0.3) is 21.3 Å². The summed E-state index contributed by atoms with van der Waals surface area (Å²) in [6, 6.07) is 11.4. The molecule has 1 aliphatic heterocycles. The molecule has 0 N–H and O–H groups in total. The van der Waals surface area contributed by atoms with Gasteiger partial charge in [0.05, 0.1) is 28.4 Å². The Labute approximate surface area is 171 Å². The van der Waals surface area contributed by atoms with Crippen molar-refractivity contribution in [2.75, 3.05) is 38.2 Å². The van der Waals surface area contributed by atoms with Gasteiger partial charge in [-0.15, -0.1) is 0 Å². The molecule has 0 unspecified atom stereocenters. The number of hydrogen-bond acceptors (Lipinski definition) is 7. The summed E-state index contributed by atoms with van der Waals surface area (Å²) in [5.41, 5.74) is 3.16. The maximum atomic E-state index is 12.9. The van der Waals surface area contributed by atoms with Gasteiger partial charge in [-0.2, -0.15) is 0 Å². The molecule has 0 saturated carbocycles. The van der Waals surface area contributed by atoms with Crippen LogP contribution in [0.2, 0.25) is 0 Å². The monoisotopic (exact) mass is 405 g/mol. The third-order valence-electron chi connectivity index (χ3n) is 5.14. The number of piperazine rings is 1. The van der Waals surface area contributed by atoms with Crippen molar-refractivity contribution in [3.8, 4) is 5.75 Å². The average molecular weight is 405 g/mol. The van der Waals surface area contributed by atoms with Crippen molar-refractivity contribution in [3.05, 3.63) is 54.4 Å². The van der Waals surface area contributed by atoms with Gasteiger partial charge in [-0.1, -0.05) is 11.3 Å². The first-order chi connectivity index (χ1) is 14.2. The minimum absolute atomic E-state index is 0.0336. The summed E-state index contributed by atoms with van der Waals surface area (Å²) in [4.78, 5) is 30.4. The first kappa shape index (κ1) is 17.8. The number of rotatable bonds is 3. The highest BCUT2D eigenvalue weighted by Crippen LogP contribution is 2.32.